The Kier molecular flexibility index (Phi) is 3.88. The summed E-state index contributed by atoms with van der Waals surface area (Å²) in [5.74, 6) is 0. The molecule has 0 spiro atoms. The van der Waals surface area contributed by atoms with Gasteiger partial charge in [-0.15, -0.1) is 11.3 Å². The molecular formula is C14H14N2O3S2. The molecule has 1 aliphatic carbocycles. The molecule has 0 saturated heterocycles. The zero-order chi connectivity index (χ0) is 14.9. The predicted molar refractivity (Wildman–Crippen MR) is 79.7 cm³/mol. The molecule has 5 nitrogen and oxygen atoms in total. The summed E-state index contributed by atoms with van der Waals surface area (Å²) in [5, 5.41) is 1.63. The molecule has 2 heterocycles. The number of carbonyl (C=O) groups excluding carboxylic acids is 1. The zero-order valence-corrected chi connectivity index (χ0v) is 12.8. The van der Waals surface area contributed by atoms with E-state index < -0.39 is 10.0 Å². The van der Waals surface area contributed by atoms with Gasteiger partial charge < -0.3 is 0 Å². The number of hydrogen-bond acceptors (Lipinski definition) is 5. The summed E-state index contributed by atoms with van der Waals surface area (Å²) in [5.41, 5.74) is 1.08. The third-order valence-electron chi connectivity index (χ3n) is 3.34. The van der Waals surface area contributed by atoms with E-state index in [2.05, 4.69) is 4.98 Å². The average Bonchev–Trinajstić information content (AvgIpc) is 3.20. The average molecular weight is 322 g/mol. The summed E-state index contributed by atoms with van der Waals surface area (Å²) in [6.07, 6.45) is 5.64. The number of aromatic nitrogens is 1. The predicted octanol–water partition coefficient (Wildman–Crippen LogP) is 2.31. The second-order valence-electron chi connectivity index (χ2n) is 4.92. The van der Waals surface area contributed by atoms with E-state index in [1.54, 1.807) is 29.9 Å². The van der Waals surface area contributed by atoms with Gasteiger partial charge in [0.2, 0.25) is 0 Å². The zero-order valence-electron chi connectivity index (χ0n) is 11.2. The summed E-state index contributed by atoms with van der Waals surface area (Å²) < 4.78 is 27.3. The second kappa shape index (κ2) is 5.67. The first-order valence-electron chi connectivity index (χ1n) is 6.56. The van der Waals surface area contributed by atoms with Gasteiger partial charge in [-0.2, -0.15) is 4.31 Å². The largest absolute Gasteiger partial charge is 0.298 e. The van der Waals surface area contributed by atoms with Gasteiger partial charge in [0.25, 0.3) is 10.0 Å². The first-order chi connectivity index (χ1) is 10.1. The summed E-state index contributed by atoms with van der Waals surface area (Å²) in [6, 6.07) is 5.21. The van der Waals surface area contributed by atoms with Crippen LogP contribution in [0.15, 0.2) is 40.2 Å². The Balaban J connectivity index is 1.95. The van der Waals surface area contributed by atoms with Crippen molar-refractivity contribution in [3.05, 3.63) is 47.1 Å². The van der Waals surface area contributed by atoms with Crippen LogP contribution in [0, 0.1) is 0 Å². The van der Waals surface area contributed by atoms with Gasteiger partial charge in [-0.3, -0.25) is 9.78 Å². The molecule has 2 aromatic rings. The summed E-state index contributed by atoms with van der Waals surface area (Å²) >= 11 is 1.09. The van der Waals surface area contributed by atoms with E-state index >= 15 is 0 Å². The Morgan fingerprint density at radius 1 is 1.38 bits per heavy atom. The van der Waals surface area contributed by atoms with Crippen molar-refractivity contribution < 1.29 is 13.2 Å². The number of rotatable bonds is 6. The van der Waals surface area contributed by atoms with Crippen LogP contribution < -0.4 is 0 Å². The minimum absolute atomic E-state index is 0.0248. The van der Waals surface area contributed by atoms with Crippen molar-refractivity contribution >= 4 is 27.6 Å². The topological polar surface area (TPSA) is 67.3 Å². The highest BCUT2D eigenvalue weighted by Gasteiger charge is 2.39. The number of pyridine rings is 1. The molecule has 0 radical (unpaired) electrons. The number of sulfonamides is 1. The smallest absolute Gasteiger partial charge is 0.253 e. The molecule has 1 fully saturated rings. The van der Waals surface area contributed by atoms with Gasteiger partial charge in [0.1, 0.15) is 4.21 Å². The minimum atomic E-state index is -3.64. The second-order valence-corrected chi connectivity index (χ2v) is 7.93. The van der Waals surface area contributed by atoms with Crippen molar-refractivity contribution in [1.82, 2.24) is 9.29 Å². The molecule has 21 heavy (non-hydrogen) atoms. The number of thiophene rings is 1. The lowest BCUT2D eigenvalue weighted by Crippen LogP contribution is -2.32. The van der Waals surface area contributed by atoms with Gasteiger partial charge in [0.05, 0.1) is 0 Å². The Labute approximate surface area is 127 Å². The van der Waals surface area contributed by atoms with Crippen molar-refractivity contribution in [3.63, 3.8) is 0 Å². The van der Waals surface area contributed by atoms with Gasteiger partial charge in [-0.05, 0) is 35.9 Å². The third kappa shape index (κ3) is 2.90. The molecule has 0 N–H and O–H groups in total. The van der Waals surface area contributed by atoms with Crippen LogP contribution in [0.5, 0.6) is 0 Å². The molecule has 1 aliphatic rings. The molecular weight excluding hydrogens is 308 g/mol. The van der Waals surface area contributed by atoms with Crippen LogP contribution in [0.2, 0.25) is 0 Å². The third-order valence-corrected chi connectivity index (χ3v) is 6.74. The number of hydrogen-bond donors (Lipinski definition) is 0. The Morgan fingerprint density at radius 3 is 2.81 bits per heavy atom. The molecule has 0 amide bonds. The molecule has 1 saturated carbocycles. The van der Waals surface area contributed by atoms with Gasteiger partial charge in [-0.1, -0.05) is 6.07 Å². The van der Waals surface area contributed by atoms with Crippen LogP contribution in [0.1, 0.15) is 28.8 Å². The van der Waals surface area contributed by atoms with Crippen molar-refractivity contribution in [2.24, 2.45) is 0 Å². The van der Waals surface area contributed by atoms with Gasteiger partial charge >= 0.3 is 0 Å². The molecule has 0 aromatic carbocycles. The first-order valence-corrected chi connectivity index (χ1v) is 8.88. The maximum atomic E-state index is 12.8. The number of aldehydes is 1. The normalized spacial score (nSPS) is 15.3. The molecule has 0 atom stereocenters. The standard InChI is InChI=1S/C14H14N2O3S2/c17-10-12-5-7-20-14(12)21(18,19)16(13-3-4-13)9-11-2-1-6-15-8-11/h1-2,5-8,10,13H,3-4,9H2. The highest BCUT2D eigenvalue weighted by Crippen LogP contribution is 2.35. The van der Waals surface area contributed by atoms with Crippen molar-refractivity contribution in [3.8, 4) is 0 Å². The lowest BCUT2D eigenvalue weighted by Gasteiger charge is -2.21. The Bertz CT molecular complexity index is 737. The molecule has 0 aliphatic heterocycles. The van der Waals surface area contributed by atoms with E-state index in [1.165, 1.54) is 4.31 Å². The SMILES string of the molecule is O=Cc1ccsc1S(=O)(=O)N(Cc1cccnc1)C1CC1. The fourth-order valence-corrected chi connectivity index (χ4v) is 5.23. The summed E-state index contributed by atoms with van der Waals surface area (Å²) in [4.78, 5) is 15.0. The maximum Gasteiger partial charge on any atom is 0.253 e. The highest BCUT2D eigenvalue weighted by molar-refractivity contribution is 7.91. The van der Waals surface area contributed by atoms with Crippen LogP contribution >= 0.6 is 11.3 Å². The Morgan fingerprint density at radius 2 is 2.19 bits per heavy atom. The van der Waals surface area contributed by atoms with Crippen LogP contribution in [0.25, 0.3) is 0 Å². The Hall–Kier alpha value is -1.57. The van der Waals surface area contributed by atoms with Crippen molar-refractivity contribution in [2.45, 2.75) is 29.6 Å². The van der Waals surface area contributed by atoms with E-state index in [9.17, 15) is 13.2 Å². The lowest BCUT2D eigenvalue weighted by atomic mass is 10.3. The van der Waals surface area contributed by atoms with Gasteiger partial charge in [-0.25, -0.2) is 8.42 Å². The van der Waals surface area contributed by atoms with E-state index in [1.807, 2.05) is 6.07 Å². The van der Waals surface area contributed by atoms with E-state index in [-0.39, 0.29) is 22.4 Å². The van der Waals surface area contributed by atoms with Gasteiger partial charge in [0.15, 0.2) is 6.29 Å². The summed E-state index contributed by atoms with van der Waals surface area (Å²) in [6.45, 7) is 0.289. The van der Waals surface area contributed by atoms with Crippen LogP contribution in [-0.4, -0.2) is 30.0 Å². The van der Waals surface area contributed by atoms with E-state index in [0.29, 0.717) is 6.29 Å². The molecule has 110 valence electrons. The van der Waals surface area contributed by atoms with Gasteiger partial charge in [0, 0.05) is 30.5 Å². The van der Waals surface area contributed by atoms with E-state index in [0.717, 1.165) is 29.7 Å². The van der Waals surface area contributed by atoms with Crippen molar-refractivity contribution in [1.29, 1.82) is 0 Å². The molecule has 0 bridgehead atoms. The highest BCUT2D eigenvalue weighted by atomic mass is 32.2. The molecule has 7 heteroatoms. The molecule has 3 rings (SSSR count). The fraction of sp³-hybridized carbons (Fsp3) is 0.286. The van der Waals surface area contributed by atoms with Crippen molar-refractivity contribution in [2.75, 3.05) is 0 Å². The maximum absolute atomic E-state index is 12.8. The summed E-state index contributed by atoms with van der Waals surface area (Å²) in [7, 11) is -3.64. The van der Waals surface area contributed by atoms with E-state index in [4.69, 9.17) is 0 Å². The van der Waals surface area contributed by atoms with Crippen LogP contribution in [0.3, 0.4) is 0 Å². The first kappa shape index (κ1) is 14.4. The monoisotopic (exact) mass is 322 g/mol. The quantitative estimate of drug-likeness (QED) is 0.765. The number of nitrogens with zero attached hydrogens (tertiary/aromatic N) is 2. The van der Waals surface area contributed by atoms with Crippen LogP contribution in [-0.2, 0) is 16.6 Å². The number of carbonyl (C=O) groups is 1. The molecule has 0 unspecified atom stereocenters. The lowest BCUT2D eigenvalue weighted by molar-refractivity contribution is 0.112. The fourth-order valence-electron chi connectivity index (χ4n) is 2.15. The minimum Gasteiger partial charge on any atom is -0.298 e. The molecule has 2 aromatic heterocycles. The van der Waals surface area contributed by atoms with Crippen LogP contribution in [0.4, 0.5) is 0 Å².